The molecular weight excluding hydrogens is 199 g/mol. The van der Waals surface area contributed by atoms with E-state index in [1.807, 2.05) is 19.1 Å². The normalized spacial score (nSPS) is 12.6. The van der Waals surface area contributed by atoms with Gasteiger partial charge < -0.3 is 4.55 Å². The highest BCUT2D eigenvalue weighted by Gasteiger charge is 2.18. The van der Waals surface area contributed by atoms with Crippen LogP contribution in [0, 0.1) is 13.8 Å². The second-order valence-electron chi connectivity index (χ2n) is 3.44. The third-order valence-corrected chi connectivity index (χ3v) is 3.08. The van der Waals surface area contributed by atoms with Crippen LogP contribution in [-0.2, 0) is 11.6 Å². The van der Waals surface area contributed by atoms with Crippen LogP contribution in [-0.4, -0.2) is 4.55 Å². The standard InChI is InChI=1S/C11H13FOS/c1-7(2)10-5-8(3)11(14(12)13)9(4)6-10/h5-6H,1H2,2-4H3. The molecule has 0 aliphatic rings. The van der Waals surface area contributed by atoms with E-state index < -0.39 is 11.6 Å². The van der Waals surface area contributed by atoms with Crippen LogP contribution in [0.5, 0.6) is 0 Å². The Labute approximate surface area is 87.1 Å². The Morgan fingerprint density at radius 1 is 1.36 bits per heavy atom. The Balaban J connectivity index is 3.32. The van der Waals surface area contributed by atoms with Crippen LogP contribution in [0.1, 0.15) is 23.6 Å². The molecule has 0 spiro atoms. The Bertz CT molecular complexity index is 349. The van der Waals surface area contributed by atoms with Crippen LogP contribution < -0.4 is 0 Å². The molecule has 1 aromatic carbocycles. The number of hydrogen-bond donors (Lipinski definition) is 0. The van der Waals surface area contributed by atoms with Crippen molar-refractivity contribution in [2.75, 3.05) is 0 Å². The molecule has 0 fully saturated rings. The summed E-state index contributed by atoms with van der Waals surface area (Å²) >= 11 is -2.40. The summed E-state index contributed by atoms with van der Waals surface area (Å²) in [6, 6.07) is 3.62. The largest absolute Gasteiger partial charge is 0.575 e. The predicted molar refractivity (Wildman–Crippen MR) is 58.1 cm³/mol. The summed E-state index contributed by atoms with van der Waals surface area (Å²) in [6.45, 7) is 9.21. The second-order valence-corrected chi connectivity index (χ2v) is 4.30. The zero-order valence-electron chi connectivity index (χ0n) is 8.56. The maximum Gasteiger partial charge on any atom is 0.217 e. The molecule has 1 nitrogen and oxygen atoms in total. The van der Waals surface area contributed by atoms with Crippen LogP contribution in [0.25, 0.3) is 5.57 Å². The van der Waals surface area contributed by atoms with Gasteiger partial charge in [-0.25, -0.2) is 0 Å². The van der Waals surface area contributed by atoms with Crippen LogP contribution in [0.3, 0.4) is 0 Å². The van der Waals surface area contributed by atoms with Crippen molar-refractivity contribution in [3.8, 4) is 0 Å². The first kappa shape index (κ1) is 11.3. The van der Waals surface area contributed by atoms with Gasteiger partial charge in [-0.2, -0.15) is 0 Å². The number of aryl methyl sites for hydroxylation is 2. The van der Waals surface area contributed by atoms with Crippen molar-refractivity contribution in [3.05, 3.63) is 35.4 Å². The number of rotatable bonds is 2. The summed E-state index contributed by atoms with van der Waals surface area (Å²) in [5.41, 5.74) is 3.31. The molecule has 0 aromatic heterocycles. The third kappa shape index (κ3) is 2.16. The first-order valence-corrected chi connectivity index (χ1v) is 5.33. The van der Waals surface area contributed by atoms with E-state index in [2.05, 4.69) is 6.58 Å². The van der Waals surface area contributed by atoms with Gasteiger partial charge in [0.05, 0.1) is 0 Å². The number of hydrogen-bond acceptors (Lipinski definition) is 1. The van der Waals surface area contributed by atoms with Crippen molar-refractivity contribution in [2.24, 2.45) is 0 Å². The van der Waals surface area contributed by atoms with Crippen molar-refractivity contribution >= 4 is 17.1 Å². The molecule has 0 amide bonds. The third-order valence-electron chi connectivity index (χ3n) is 2.11. The number of benzene rings is 1. The minimum Gasteiger partial charge on any atom is -0.575 e. The molecule has 1 rings (SSSR count). The topological polar surface area (TPSA) is 23.1 Å². The molecule has 0 radical (unpaired) electrons. The summed E-state index contributed by atoms with van der Waals surface area (Å²) < 4.78 is 23.5. The number of allylic oxidation sites excluding steroid dienone is 1. The van der Waals surface area contributed by atoms with Crippen molar-refractivity contribution < 1.29 is 8.44 Å². The lowest BCUT2D eigenvalue weighted by molar-refractivity contribution is 0.549. The van der Waals surface area contributed by atoms with E-state index in [4.69, 9.17) is 0 Å². The minimum atomic E-state index is -2.40. The van der Waals surface area contributed by atoms with E-state index in [9.17, 15) is 8.44 Å². The van der Waals surface area contributed by atoms with E-state index in [0.717, 1.165) is 11.1 Å². The van der Waals surface area contributed by atoms with Gasteiger partial charge in [0.2, 0.25) is 16.5 Å². The quantitative estimate of drug-likeness (QED) is 0.689. The van der Waals surface area contributed by atoms with E-state index in [0.29, 0.717) is 11.1 Å². The molecule has 0 heterocycles. The molecule has 0 N–H and O–H groups in total. The Hall–Kier alpha value is -0.800. The van der Waals surface area contributed by atoms with Gasteiger partial charge in [0.15, 0.2) is 0 Å². The molecule has 3 heteroatoms. The smallest absolute Gasteiger partial charge is 0.217 e. The maximum atomic E-state index is 12.7. The van der Waals surface area contributed by atoms with Crippen molar-refractivity contribution in [3.63, 3.8) is 0 Å². The molecule has 76 valence electrons. The monoisotopic (exact) mass is 212 g/mol. The zero-order valence-corrected chi connectivity index (χ0v) is 9.37. The van der Waals surface area contributed by atoms with Gasteiger partial charge in [0.25, 0.3) is 0 Å². The SMILES string of the molecule is C=C(C)c1cc(C)c([S+]([O-])F)c(C)c1. The fourth-order valence-corrected chi connectivity index (χ4v) is 2.07. The van der Waals surface area contributed by atoms with Gasteiger partial charge in [-0.3, -0.25) is 0 Å². The Morgan fingerprint density at radius 2 is 1.79 bits per heavy atom. The molecule has 0 saturated heterocycles. The van der Waals surface area contributed by atoms with Crippen molar-refractivity contribution in [2.45, 2.75) is 25.7 Å². The van der Waals surface area contributed by atoms with Gasteiger partial charge >= 0.3 is 0 Å². The molecule has 1 unspecified atom stereocenters. The van der Waals surface area contributed by atoms with Crippen LogP contribution in [0.4, 0.5) is 3.89 Å². The first-order chi connectivity index (χ1) is 6.43. The molecule has 14 heavy (non-hydrogen) atoms. The van der Waals surface area contributed by atoms with Crippen molar-refractivity contribution in [1.82, 2.24) is 0 Å². The molecule has 0 bridgehead atoms. The summed E-state index contributed by atoms with van der Waals surface area (Å²) in [7, 11) is 0. The van der Waals surface area contributed by atoms with Gasteiger partial charge in [0, 0.05) is 15.0 Å². The number of halogens is 1. The highest BCUT2D eigenvalue weighted by molar-refractivity contribution is 7.86. The molecule has 1 atom stereocenters. The fraction of sp³-hybridized carbons (Fsp3) is 0.273. The van der Waals surface area contributed by atoms with Crippen molar-refractivity contribution in [1.29, 1.82) is 0 Å². The molecule has 0 saturated carbocycles. The molecular formula is C11H13FOS. The first-order valence-electron chi connectivity index (χ1n) is 4.28. The van der Waals surface area contributed by atoms with Crippen LogP contribution in [0.15, 0.2) is 23.6 Å². The van der Waals surface area contributed by atoms with Crippen LogP contribution in [0.2, 0.25) is 0 Å². The molecule has 0 aliphatic heterocycles. The van der Waals surface area contributed by atoms with Gasteiger partial charge in [-0.15, -0.1) is 0 Å². The highest BCUT2D eigenvalue weighted by atomic mass is 32.3. The maximum absolute atomic E-state index is 12.7. The molecule has 0 aliphatic carbocycles. The lowest BCUT2D eigenvalue weighted by Gasteiger charge is -2.08. The lowest BCUT2D eigenvalue weighted by atomic mass is 10.0. The van der Waals surface area contributed by atoms with Crippen LogP contribution >= 0.6 is 0 Å². The van der Waals surface area contributed by atoms with E-state index in [1.54, 1.807) is 13.8 Å². The Kier molecular flexibility index (Phi) is 3.34. The summed E-state index contributed by atoms with van der Waals surface area (Å²) in [4.78, 5) is 0.287. The second kappa shape index (κ2) is 4.15. The highest BCUT2D eigenvalue weighted by Crippen LogP contribution is 2.25. The van der Waals surface area contributed by atoms with E-state index >= 15 is 0 Å². The molecule has 1 aromatic rings. The zero-order chi connectivity index (χ0) is 10.9. The summed E-state index contributed by atoms with van der Waals surface area (Å²) in [5.74, 6) is 0. The van der Waals surface area contributed by atoms with E-state index in [1.165, 1.54) is 0 Å². The average molecular weight is 212 g/mol. The van der Waals surface area contributed by atoms with Gasteiger partial charge in [-0.1, -0.05) is 12.2 Å². The predicted octanol–water partition coefficient (Wildman–Crippen LogP) is 3.33. The summed E-state index contributed by atoms with van der Waals surface area (Å²) in [5, 5.41) is 0. The minimum absolute atomic E-state index is 0.287. The van der Waals surface area contributed by atoms with E-state index in [-0.39, 0.29) is 4.90 Å². The lowest BCUT2D eigenvalue weighted by Crippen LogP contribution is -2.00. The summed E-state index contributed by atoms with van der Waals surface area (Å²) in [6.07, 6.45) is 0. The fourth-order valence-electron chi connectivity index (χ4n) is 1.45. The van der Waals surface area contributed by atoms with Gasteiger partial charge in [0.1, 0.15) is 0 Å². The van der Waals surface area contributed by atoms with Gasteiger partial charge in [-0.05, 0) is 38.5 Å². The Morgan fingerprint density at radius 3 is 2.07 bits per heavy atom. The average Bonchev–Trinajstić information content (AvgIpc) is 2.01.